The van der Waals surface area contributed by atoms with Crippen LogP contribution < -0.4 is 40.4 Å². The molecule has 0 unspecified atom stereocenters. The summed E-state index contributed by atoms with van der Waals surface area (Å²) in [6.07, 6.45) is 9.31. The smallest absolute Gasteiger partial charge is 1.00 e. The summed E-state index contributed by atoms with van der Waals surface area (Å²) >= 11 is -1.08. The van der Waals surface area contributed by atoms with Crippen LogP contribution in [0.5, 0.6) is 0 Å². The number of rotatable bonds is 5. The van der Waals surface area contributed by atoms with E-state index in [1.54, 1.807) is 30.0 Å². The molecule has 214 valence electrons. The van der Waals surface area contributed by atoms with Crippen molar-refractivity contribution in [3.8, 4) is 11.1 Å². The normalized spacial score (nSPS) is 13.8. The minimum Gasteiger partial charge on any atom is -1.00 e. The van der Waals surface area contributed by atoms with Crippen molar-refractivity contribution in [3.63, 3.8) is 0 Å². The van der Waals surface area contributed by atoms with Crippen LogP contribution in [0.3, 0.4) is 0 Å². The molecular weight excluding hydrogens is 647 g/mol. The van der Waals surface area contributed by atoms with E-state index >= 15 is 0 Å². The van der Waals surface area contributed by atoms with Gasteiger partial charge in [0.2, 0.25) is 0 Å². The Kier molecular flexibility index (Phi) is 9.86. The summed E-state index contributed by atoms with van der Waals surface area (Å²) in [6.45, 7) is 14.3. The second-order valence-corrected chi connectivity index (χ2v) is 25.9. The van der Waals surface area contributed by atoms with Gasteiger partial charge in [0.05, 0.1) is 0 Å². The van der Waals surface area contributed by atoms with Gasteiger partial charge in [0.25, 0.3) is 0 Å². The van der Waals surface area contributed by atoms with E-state index in [1.807, 2.05) is 0 Å². The first-order chi connectivity index (χ1) is 19.1. The molecule has 0 amide bonds. The molecule has 0 atom stereocenters. The summed E-state index contributed by atoms with van der Waals surface area (Å²) < 4.78 is 1.73. The molecule has 0 spiro atoms. The number of benzene rings is 4. The fraction of sp³-hybridized carbons (Fsp3) is 0.263. The third kappa shape index (κ3) is 5.90. The van der Waals surface area contributed by atoms with E-state index in [0.717, 1.165) is 12.8 Å². The van der Waals surface area contributed by atoms with Gasteiger partial charge in [0, 0.05) is 0 Å². The average molecular weight is 687 g/mol. The minimum atomic E-state index is -2.33. The fourth-order valence-corrected chi connectivity index (χ4v) is 24.6. The number of hydrogen-bond donors (Lipinski definition) is 0. The van der Waals surface area contributed by atoms with Gasteiger partial charge in [0.15, 0.2) is 0 Å². The van der Waals surface area contributed by atoms with Crippen LogP contribution in [-0.4, -0.2) is 5.20 Å². The Labute approximate surface area is 277 Å². The van der Waals surface area contributed by atoms with E-state index < -0.39 is 27.6 Å². The maximum absolute atomic E-state index is 2.51. The van der Waals surface area contributed by atoms with Gasteiger partial charge in [-0.05, 0) is 0 Å². The largest absolute Gasteiger partial charge is 1.00 e. The summed E-state index contributed by atoms with van der Waals surface area (Å²) in [4.78, 5) is 0. The quantitative estimate of drug-likeness (QED) is 0.196. The first kappa shape index (κ1) is 32.9. The molecule has 2 aliphatic rings. The van der Waals surface area contributed by atoms with Crippen LogP contribution in [0.2, 0.25) is 0 Å². The summed E-state index contributed by atoms with van der Waals surface area (Å²) in [5.41, 5.74) is 9.23. The zero-order valence-corrected chi connectivity index (χ0v) is 30.5. The van der Waals surface area contributed by atoms with Gasteiger partial charge >= 0.3 is 254 Å². The fourth-order valence-electron chi connectivity index (χ4n) is 6.62. The molecule has 0 heterocycles. The standard InChI is InChI=1S/C33H35Si.C5H5.2ClH.Zr/c1-32(2,3)24-17-18-27-23(21-24)22-29-28(27)19-20-30(33(4,5)6)31(29)34(25-13-9-7-10-14-25)26-15-11-8-12-16-26;1-2-4-5-3-1;;;/h7-21H,22H2,1-6H3;1-3H,4H2;2*1H;/q;;;;+2/p-2. The molecule has 0 N–H and O–H groups in total. The van der Waals surface area contributed by atoms with Gasteiger partial charge in [-0.3, -0.25) is 0 Å². The molecule has 0 saturated heterocycles. The summed E-state index contributed by atoms with van der Waals surface area (Å²) in [7, 11) is 0. The van der Waals surface area contributed by atoms with Gasteiger partial charge < -0.3 is 24.8 Å². The third-order valence-corrected chi connectivity index (χ3v) is 25.2. The van der Waals surface area contributed by atoms with Gasteiger partial charge in [0.1, 0.15) is 0 Å². The molecule has 42 heavy (non-hydrogen) atoms. The van der Waals surface area contributed by atoms with Crippen molar-refractivity contribution in [2.45, 2.75) is 65.2 Å². The van der Waals surface area contributed by atoms with Gasteiger partial charge in [-0.2, -0.15) is 0 Å². The van der Waals surface area contributed by atoms with Crippen LogP contribution in [0.15, 0.2) is 113 Å². The molecule has 0 bridgehead atoms. The van der Waals surface area contributed by atoms with E-state index in [1.165, 1.54) is 22.3 Å². The van der Waals surface area contributed by atoms with E-state index in [-0.39, 0.29) is 35.6 Å². The molecular formula is C38H40Cl2SiZr. The summed E-state index contributed by atoms with van der Waals surface area (Å²) in [5, 5.41) is 2.57. The maximum Gasteiger partial charge on any atom is -1.00 e. The first-order valence-corrected chi connectivity index (χ1v) is 21.6. The molecule has 0 radical (unpaired) electrons. The van der Waals surface area contributed by atoms with Crippen molar-refractivity contribution in [1.29, 1.82) is 0 Å². The summed E-state index contributed by atoms with van der Waals surface area (Å²) in [5.74, 6) is 0. The van der Waals surface area contributed by atoms with Crippen molar-refractivity contribution in [2.24, 2.45) is 0 Å². The predicted molar refractivity (Wildman–Crippen MR) is 171 cm³/mol. The Balaban J connectivity index is 0.00000202. The SMILES string of the molecule is CC(C)(C)c1ccc2c(c1)Cc1c-2ccc(C(C)(C)C)c1[Si]([Zr+2][C]1=CC=CC1)(c1ccccc1)c1ccccc1.[Cl-].[Cl-]. The van der Waals surface area contributed by atoms with Gasteiger partial charge in [-0.25, -0.2) is 0 Å². The monoisotopic (exact) mass is 684 g/mol. The Morgan fingerprint density at radius 1 is 0.667 bits per heavy atom. The Bertz CT molecular complexity index is 1580. The van der Waals surface area contributed by atoms with Crippen LogP contribution in [-0.2, 0) is 39.6 Å². The van der Waals surface area contributed by atoms with Crippen LogP contribution in [0.25, 0.3) is 11.1 Å². The van der Waals surface area contributed by atoms with Crippen molar-refractivity contribution in [3.05, 3.63) is 135 Å². The molecule has 0 saturated carbocycles. The van der Waals surface area contributed by atoms with Crippen LogP contribution in [0.4, 0.5) is 0 Å². The molecule has 6 rings (SSSR count). The molecule has 0 aromatic heterocycles. The van der Waals surface area contributed by atoms with Crippen LogP contribution in [0.1, 0.15) is 70.2 Å². The number of fused-ring (bicyclic) bond motifs is 3. The van der Waals surface area contributed by atoms with E-state index in [0.29, 0.717) is 0 Å². The van der Waals surface area contributed by atoms with E-state index in [2.05, 4.69) is 151 Å². The molecule has 4 aromatic rings. The molecule has 0 fully saturated rings. The molecule has 2 aliphatic carbocycles. The van der Waals surface area contributed by atoms with Gasteiger partial charge in [-0.15, -0.1) is 0 Å². The van der Waals surface area contributed by atoms with Crippen LogP contribution >= 0.6 is 0 Å². The second kappa shape index (κ2) is 12.6. The molecule has 0 nitrogen and oxygen atoms in total. The molecule has 4 aromatic carbocycles. The van der Waals surface area contributed by atoms with Crippen molar-refractivity contribution < 1.29 is 47.2 Å². The Morgan fingerprint density at radius 2 is 1.26 bits per heavy atom. The topological polar surface area (TPSA) is 0 Å². The van der Waals surface area contributed by atoms with Crippen molar-refractivity contribution >= 4 is 20.8 Å². The average Bonchev–Trinajstić information content (AvgIpc) is 3.58. The predicted octanol–water partition coefficient (Wildman–Crippen LogP) is 1.75. The number of halogens is 2. The van der Waals surface area contributed by atoms with Gasteiger partial charge in [-0.1, -0.05) is 0 Å². The third-order valence-electron chi connectivity index (χ3n) is 8.66. The number of allylic oxidation sites excluding steroid dienone is 4. The van der Waals surface area contributed by atoms with Crippen molar-refractivity contribution in [1.82, 2.24) is 0 Å². The maximum atomic E-state index is 2.51. The minimum absolute atomic E-state index is 0. The first-order valence-electron chi connectivity index (χ1n) is 14.6. The zero-order valence-electron chi connectivity index (χ0n) is 25.6. The summed E-state index contributed by atoms with van der Waals surface area (Å²) in [6, 6.07) is 35.6. The van der Waals surface area contributed by atoms with Crippen molar-refractivity contribution in [2.75, 3.05) is 0 Å². The number of hydrogen-bond acceptors (Lipinski definition) is 0. The van der Waals surface area contributed by atoms with E-state index in [4.69, 9.17) is 0 Å². The zero-order chi connectivity index (χ0) is 28.1. The van der Waals surface area contributed by atoms with E-state index in [9.17, 15) is 0 Å². The molecule has 4 heteroatoms. The second-order valence-electron chi connectivity index (χ2n) is 13.5. The molecule has 0 aliphatic heterocycles. The van der Waals surface area contributed by atoms with Crippen LogP contribution in [0, 0.1) is 0 Å². The Morgan fingerprint density at radius 3 is 1.79 bits per heavy atom. The Hall–Kier alpha value is -1.96.